The molecule has 0 aliphatic rings. The van der Waals surface area contributed by atoms with Crippen molar-refractivity contribution in [1.29, 1.82) is 0 Å². The van der Waals surface area contributed by atoms with Crippen molar-refractivity contribution in [2.75, 3.05) is 14.2 Å². The number of esters is 1. The molecule has 2 aromatic carbocycles. The third kappa shape index (κ3) is 4.35. The SMILES string of the molecule is COC(=O)c1cccc(CCC(O)c2ccc(OC)cc2Cl)c1N=O. The van der Waals surface area contributed by atoms with Gasteiger partial charge in [0.15, 0.2) is 0 Å². The van der Waals surface area contributed by atoms with E-state index < -0.39 is 12.1 Å². The summed E-state index contributed by atoms with van der Waals surface area (Å²) in [6.45, 7) is 0. The largest absolute Gasteiger partial charge is 0.497 e. The number of hydrogen-bond acceptors (Lipinski definition) is 6. The zero-order valence-electron chi connectivity index (χ0n) is 13.9. The van der Waals surface area contributed by atoms with Crippen LogP contribution in [0.15, 0.2) is 41.6 Å². The molecular weight excluding hydrogens is 346 g/mol. The van der Waals surface area contributed by atoms with Gasteiger partial charge in [0.25, 0.3) is 0 Å². The number of carbonyl (C=O) groups excluding carboxylic acids is 1. The lowest BCUT2D eigenvalue weighted by molar-refractivity contribution is 0.0601. The van der Waals surface area contributed by atoms with Crippen molar-refractivity contribution in [3.05, 3.63) is 63.0 Å². The Hall–Kier alpha value is -2.44. The lowest BCUT2D eigenvalue weighted by atomic mass is 9.98. The summed E-state index contributed by atoms with van der Waals surface area (Å²) >= 11 is 6.16. The van der Waals surface area contributed by atoms with Crippen LogP contribution < -0.4 is 4.74 Å². The Kier molecular flexibility index (Phi) is 6.50. The fourth-order valence-corrected chi connectivity index (χ4v) is 2.82. The van der Waals surface area contributed by atoms with E-state index in [0.29, 0.717) is 34.7 Å². The van der Waals surface area contributed by atoms with Gasteiger partial charge >= 0.3 is 5.97 Å². The number of ether oxygens (including phenoxy) is 2. The molecule has 0 fully saturated rings. The maximum absolute atomic E-state index is 11.7. The summed E-state index contributed by atoms with van der Waals surface area (Å²) in [5.74, 6) is -0.0330. The standard InChI is InChI=1S/C18H18ClNO5/c1-24-12-7-8-13(15(19)10-12)16(21)9-6-11-4-3-5-14(17(11)20-23)18(22)25-2/h3-5,7-8,10,16,21H,6,9H2,1-2H3. The fraction of sp³-hybridized carbons (Fsp3) is 0.278. The Balaban J connectivity index is 2.18. The van der Waals surface area contributed by atoms with E-state index in [1.165, 1.54) is 20.3 Å². The molecule has 6 nitrogen and oxygen atoms in total. The molecular formula is C18H18ClNO5. The molecule has 1 atom stereocenters. The molecule has 0 heterocycles. The number of benzene rings is 2. The molecule has 0 bridgehead atoms. The highest BCUT2D eigenvalue weighted by Crippen LogP contribution is 2.32. The average Bonchev–Trinajstić information content (AvgIpc) is 2.64. The predicted molar refractivity (Wildman–Crippen MR) is 94.5 cm³/mol. The number of nitrogens with zero attached hydrogens (tertiary/aromatic N) is 1. The first-order valence-corrected chi connectivity index (χ1v) is 7.94. The fourth-order valence-electron chi connectivity index (χ4n) is 2.53. The lowest BCUT2D eigenvalue weighted by Crippen LogP contribution is -2.05. The van der Waals surface area contributed by atoms with E-state index in [-0.39, 0.29) is 11.3 Å². The van der Waals surface area contributed by atoms with Crippen LogP contribution in [0.2, 0.25) is 5.02 Å². The molecule has 0 aliphatic carbocycles. The Bertz CT molecular complexity index is 778. The van der Waals surface area contributed by atoms with Gasteiger partial charge in [-0.25, -0.2) is 4.79 Å². The van der Waals surface area contributed by atoms with E-state index in [4.69, 9.17) is 16.3 Å². The Morgan fingerprint density at radius 2 is 2.04 bits per heavy atom. The maximum Gasteiger partial charge on any atom is 0.340 e. The molecule has 0 aliphatic heterocycles. The molecule has 0 saturated heterocycles. The smallest absolute Gasteiger partial charge is 0.340 e. The van der Waals surface area contributed by atoms with Gasteiger partial charge in [-0.15, -0.1) is 4.91 Å². The average molecular weight is 364 g/mol. The first-order chi connectivity index (χ1) is 12.0. The second kappa shape index (κ2) is 8.60. The topological polar surface area (TPSA) is 85.2 Å². The van der Waals surface area contributed by atoms with Crippen LogP contribution in [0, 0.1) is 4.91 Å². The van der Waals surface area contributed by atoms with Crippen LogP contribution in [0.4, 0.5) is 5.69 Å². The molecule has 132 valence electrons. The minimum absolute atomic E-state index is 0.0300. The third-order valence-electron chi connectivity index (χ3n) is 3.87. The zero-order chi connectivity index (χ0) is 18.4. The lowest BCUT2D eigenvalue weighted by Gasteiger charge is -2.14. The van der Waals surface area contributed by atoms with Crippen molar-refractivity contribution < 1.29 is 19.4 Å². The molecule has 2 aromatic rings. The van der Waals surface area contributed by atoms with Crippen molar-refractivity contribution in [2.45, 2.75) is 18.9 Å². The highest BCUT2D eigenvalue weighted by molar-refractivity contribution is 6.31. The van der Waals surface area contributed by atoms with Gasteiger partial charge in [-0.05, 0) is 47.3 Å². The van der Waals surface area contributed by atoms with Gasteiger partial charge in [-0.3, -0.25) is 0 Å². The maximum atomic E-state index is 11.7. The quantitative estimate of drug-likeness (QED) is 0.588. The van der Waals surface area contributed by atoms with Gasteiger partial charge < -0.3 is 14.6 Å². The second-order valence-corrected chi connectivity index (χ2v) is 5.75. The third-order valence-corrected chi connectivity index (χ3v) is 4.20. The van der Waals surface area contributed by atoms with Crippen molar-refractivity contribution in [3.63, 3.8) is 0 Å². The minimum Gasteiger partial charge on any atom is -0.497 e. The molecule has 0 amide bonds. The highest BCUT2D eigenvalue weighted by atomic mass is 35.5. The van der Waals surface area contributed by atoms with Gasteiger partial charge in [-0.2, -0.15) is 0 Å². The monoisotopic (exact) mass is 363 g/mol. The predicted octanol–water partition coefficient (Wildman–Crippen LogP) is 4.20. The first-order valence-electron chi connectivity index (χ1n) is 7.56. The van der Waals surface area contributed by atoms with Crippen LogP contribution >= 0.6 is 11.6 Å². The normalized spacial score (nSPS) is 11.7. The zero-order valence-corrected chi connectivity index (χ0v) is 14.6. The Labute approximate surface area is 150 Å². The number of nitroso groups, excluding NO2 is 1. The molecule has 1 unspecified atom stereocenters. The molecule has 0 saturated carbocycles. The van der Waals surface area contributed by atoms with E-state index in [2.05, 4.69) is 9.91 Å². The van der Waals surface area contributed by atoms with Gasteiger partial charge in [0.05, 0.1) is 30.9 Å². The van der Waals surface area contributed by atoms with Crippen molar-refractivity contribution in [1.82, 2.24) is 0 Å². The van der Waals surface area contributed by atoms with Crippen LogP contribution in [0.1, 0.15) is 34.0 Å². The number of aryl methyl sites for hydroxylation is 1. The molecule has 0 spiro atoms. The highest BCUT2D eigenvalue weighted by Gasteiger charge is 2.18. The van der Waals surface area contributed by atoms with Gasteiger partial charge in [0.2, 0.25) is 0 Å². The van der Waals surface area contributed by atoms with Crippen LogP contribution in [0.5, 0.6) is 5.75 Å². The first kappa shape index (κ1) is 18.9. The van der Waals surface area contributed by atoms with Crippen LogP contribution in [-0.2, 0) is 11.2 Å². The number of methoxy groups -OCH3 is 2. The summed E-state index contributed by atoms with van der Waals surface area (Å²) in [6, 6.07) is 9.82. The summed E-state index contributed by atoms with van der Waals surface area (Å²) in [5, 5.41) is 13.7. The number of aliphatic hydroxyl groups excluding tert-OH is 1. The minimum atomic E-state index is -0.834. The van der Waals surface area contributed by atoms with Gasteiger partial charge in [0.1, 0.15) is 11.4 Å². The number of hydrogen-bond donors (Lipinski definition) is 1. The Morgan fingerprint density at radius 1 is 1.28 bits per heavy atom. The summed E-state index contributed by atoms with van der Waals surface area (Å²) in [7, 11) is 2.77. The van der Waals surface area contributed by atoms with E-state index >= 15 is 0 Å². The molecule has 1 N–H and O–H groups in total. The number of halogens is 1. The van der Waals surface area contributed by atoms with E-state index in [0.717, 1.165) is 0 Å². The second-order valence-electron chi connectivity index (χ2n) is 5.34. The van der Waals surface area contributed by atoms with Gasteiger partial charge in [-0.1, -0.05) is 29.8 Å². The molecule has 0 aromatic heterocycles. The summed E-state index contributed by atoms with van der Waals surface area (Å²) in [4.78, 5) is 22.9. The van der Waals surface area contributed by atoms with Crippen LogP contribution in [-0.4, -0.2) is 25.3 Å². The van der Waals surface area contributed by atoms with Gasteiger partial charge in [0, 0.05) is 0 Å². The van der Waals surface area contributed by atoms with Crippen LogP contribution in [0.25, 0.3) is 0 Å². The summed E-state index contributed by atoms with van der Waals surface area (Å²) in [6.07, 6.45) is -0.186. The van der Waals surface area contributed by atoms with Crippen molar-refractivity contribution >= 4 is 23.3 Å². The number of carbonyl (C=O) groups is 1. The number of rotatable bonds is 7. The van der Waals surface area contributed by atoms with Crippen molar-refractivity contribution in [2.24, 2.45) is 5.18 Å². The van der Waals surface area contributed by atoms with Crippen LogP contribution in [0.3, 0.4) is 0 Å². The molecule has 0 radical (unpaired) electrons. The molecule has 25 heavy (non-hydrogen) atoms. The summed E-state index contributed by atoms with van der Waals surface area (Å²) in [5.41, 5.74) is 1.25. The summed E-state index contributed by atoms with van der Waals surface area (Å²) < 4.78 is 9.73. The van der Waals surface area contributed by atoms with E-state index in [1.807, 2.05) is 0 Å². The van der Waals surface area contributed by atoms with Crippen molar-refractivity contribution in [3.8, 4) is 5.75 Å². The number of aliphatic hydroxyl groups is 1. The Morgan fingerprint density at radius 3 is 2.64 bits per heavy atom. The molecule has 7 heteroatoms. The van der Waals surface area contributed by atoms with E-state index in [9.17, 15) is 14.8 Å². The van der Waals surface area contributed by atoms with E-state index in [1.54, 1.807) is 30.3 Å². The molecule has 2 rings (SSSR count).